The lowest BCUT2D eigenvalue weighted by atomic mass is 10.1. The molecule has 0 saturated heterocycles. The Morgan fingerprint density at radius 2 is 2.07 bits per heavy atom. The van der Waals surface area contributed by atoms with E-state index in [-0.39, 0.29) is 6.04 Å². The SMILES string of the molecule is NC[C@@H](c1ccc(Cl)cc1)n1cccn1. The average molecular weight is 222 g/mol. The fourth-order valence-electron chi connectivity index (χ4n) is 1.55. The van der Waals surface area contributed by atoms with Gasteiger partial charge in [0.05, 0.1) is 6.04 Å². The third-order valence-corrected chi connectivity index (χ3v) is 2.57. The Morgan fingerprint density at radius 3 is 2.60 bits per heavy atom. The van der Waals surface area contributed by atoms with Gasteiger partial charge in [0.1, 0.15) is 0 Å². The van der Waals surface area contributed by atoms with Gasteiger partial charge in [0.15, 0.2) is 0 Å². The van der Waals surface area contributed by atoms with E-state index in [2.05, 4.69) is 5.10 Å². The Balaban J connectivity index is 2.31. The van der Waals surface area contributed by atoms with Gasteiger partial charge >= 0.3 is 0 Å². The van der Waals surface area contributed by atoms with Crippen LogP contribution in [0.4, 0.5) is 0 Å². The lowest BCUT2D eigenvalue weighted by molar-refractivity contribution is 0.532. The van der Waals surface area contributed by atoms with Crippen molar-refractivity contribution in [3.63, 3.8) is 0 Å². The number of nitrogens with zero attached hydrogens (tertiary/aromatic N) is 2. The molecular weight excluding hydrogens is 210 g/mol. The Bertz CT molecular complexity index is 408. The fourth-order valence-corrected chi connectivity index (χ4v) is 1.67. The molecule has 1 aromatic carbocycles. The number of hydrogen-bond donors (Lipinski definition) is 1. The highest BCUT2D eigenvalue weighted by Gasteiger charge is 2.11. The van der Waals surface area contributed by atoms with Crippen molar-refractivity contribution in [1.82, 2.24) is 9.78 Å². The summed E-state index contributed by atoms with van der Waals surface area (Å²) in [6.07, 6.45) is 3.66. The molecule has 2 aromatic rings. The normalized spacial score (nSPS) is 12.7. The first-order valence-electron chi connectivity index (χ1n) is 4.76. The summed E-state index contributed by atoms with van der Waals surface area (Å²) in [5.74, 6) is 0. The predicted molar refractivity (Wildman–Crippen MR) is 60.9 cm³/mol. The van der Waals surface area contributed by atoms with Crippen LogP contribution in [0.1, 0.15) is 11.6 Å². The molecule has 78 valence electrons. The van der Waals surface area contributed by atoms with E-state index < -0.39 is 0 Å². The summed E-state index contributed by atoms with van der Waals surface area (Å²) in [6, 6.07) is 9.64. The highest BCUT2D eigenvalue weighted by Crippen LogP contribution is 2.18. The van der Waals surface area contributed by atoms with Gasteiger partial charge in [-0.2, -0.15) is 5.10 Å². The van der Waals surface area contributed by atoms with Crippen LogP contribution in [0.2, 0.25) is 5.02 Å². The molecule has 0 unspecified atom stereocenters. The molecule has 1 atom stereocenters. The molecule has 0 aliphatic heterocycles. The van der Waals surface area contributed by atoms with Gasteiger partial charge in [-0.1, -0.05) is 23.7 Å². The van der Waals surface area contributed by atoms with Crippen LogP contribution < -0.4 is 5.73 Å². The summed E-state index contributed by atoms with van der Waals surface area (Å²) in [4.78, 5) is 0. The van der Waals surface area contributed by atoms with Crippen molar-refractivity contribution in [2.75, 3.05) is 6.54 Å². The second-order valence-electron chi connectivity index (χ2n) is 3.29. The summed E-state index contributed by atoms with van der Waals surface area (Å²) >= 11 is 5.83. The fraction of sp³-hybridized carbons (Fsp3) is 0.182. The maximum atomic E-state index is 5.83. The predicted octanol–water partition coefficient (Wildman–Crippen LogP) is 2.08. The first kappa shape index (κ1) is 10.2. The molecule has 0 bridgehead atoms. The lowest BCUT2D eigenvalue weighted by Gasteiger charge is -2.15. The topological polar surface area (TPSA) is 43.8 Å². The second kappa shape index (κ2) is 4.47. The highest BCUT2D eigenvalue weighted by atomic mass is 35.5. The number of hydrogen-bond acceptors (Lipinski definition) is 2. The van der Waals surface area contributed by atoms with Gasteiger partial charge in [-0.3, -0.25) is 4.68 Å². The van der Waals surface area contributed by atoms with E-state index in [0.29, 0.717) is 6.54 Å². The van der Waals surface area contributed by atoms with Gasteiger partial charge in [0.2, 0.25) is 0 Å². The van der Waals surface area contributed by atoms with Crippen LogP contribution in [0.5, 0.6) is 0 Å². The summed E-state index contributed by atoms with van der Waals surface area (Å²) in [7, 11) is 0. The molecule has 0 radical (unpaired) electrons. The highest BCUT2D eigenvalue weighted by molar-refractivity contribution is 6.30. The zero-order valence-corrected chi connectivity index (χ0v) is 8.93. The number of aromatic nitrogens is 2. The van der Waals surface area contributed by atoms with Crippen LogP contribution in [-0.2, 0) is 0 Å². The maximum absolute atomic E-state index is 5.83. The molecule has 1 aromatic heterocycles. The van der Waals surface area contributed by atoms with Crippen LogP contribution in [0.15, 0.2) is 42.7 Å². The summed E-state index contributed by atoms with van der Waals surface area (Å²) in [5, 5.41) is 4.92. The molecule has 0 saturated carbocycles. The first-order chi connectivity index (χ1) is 7.31. The number of rotatable bonds is 3. The Hall–Kier alpha value is -1.32. The number of halogens is 1. The molecule has 4 heteroatoms. The number of nitrogens with two attached hydrogens (primary N) is 1. The quantitative estimate of drug-likeness (QED) is 0.863. The minimum atomic E-state index is 0.0808. The Morgan fingerprint density at radius 1 is 1.33 bits per heavy atom. The van der Waals surface area contributed by atoms with Crippen molar-refractivity contribution in [2.45, 2.75) is 6.04 Å². The molecule has 0 amide bonds. The Labute approximate surface area is 93.5 Å². The summed E-state index contributed by atoms with van der Waals surface area (Å²) < 4.78 is 1.85. The minimum Gasteiger partial charge on any atom is -0.328 e. The first-order valence-corrected chi connectivity index (χ1v) is 5.13. The summed E-state index contributed by atoms with van der Waals surface area (Å²) in [6.45, 7) is 0.517. The van der Waals surface area contributed by atoms with Gasteiger partial charge in [0.25, 0.3) is 0 Å². The van der Waals surface area contributed by atoms with Crippen LogP contribution in [0, 0.1) is 0 Å². The largest absolute Gasteiger partial charge is 0.328 e. The number of benzene rings is 1. The zero-order valence-electron chi connectivity index (χ0n) is 8.18. The van der Waals surface area contributed by atoms with E-state index in [1.54, 1.807) is 6.20 Å². The van der Waals surface area contributed by atoms with Crippen molar-refractivity contribution in [3.05, 3.63) is 53.3 Å². The van der Waals surface area contributed by atoms with E-state index in [4.69, 9.17) is 17.3 Å². The average Bonchev–Trinajstić information content (AvgIpc) is 2.75. The molecule has 0 fully saturated rings. The third kappa shape index (κ3) is 2.19. The third-order valence-electron chi connectivity index (χ3n) is 2.32. The monoisotopic (exact) mass is 221 g/mol. The van der Waals surface area contributed by atoms with E-state index in [0.717, 1.165) is 10.6 Å². The lowest BCUT2D eigenvalue weighted by Crippen LogP contribution is -2.20. The van der Waals surface area contributed by atoms with Gasteiger partial charge in [-0.05, 0) is 23.8 Å². The minimum absolute atomic E-state index is 0.0808. The van der Waals surface area contributed by atoms with Crippen molar-refractivity contribution >= 4 is 11.6 Å². The molecule has 15 heavy (non-hydrogen) atoms. The molecule has 2 rings (SSSR count). The van der Waals surface area contributed by atoms with Crippen LogP contribution in [-0.4, -0.2) is 16.3 Å². The van der Waals surface area contributed by atoms with E-state index >= 15 is 0 Å². The van der Waals surface area contributed by atoms with Crippen LogP contribution >= 0.6 is 11.6 Å². The molecule has 1 heterocycles. The van der Waals surface area contributed by atoms with Gasteiger partial charge in [0, 0.05) is 24.0 Å². The van der Waals surface area contributed by atoms with Crippen molar-refractivity contribution < 1.29 is 0 Å². The van der Waals surface area contributed by atoms with Crippen molar-refractivity contribution in [1.29, 1.82) is 0 Å². The summed E-state index contributed by atoms with van der Waals surface area (Å²) in [5.41, 5.74) is 6.86. The van der Waals surface area contributed by atoms with Crippen molar-refractivity contribution in [2.24, 2.45) is 5.73 Å². The van der Waals surface area contributed by atoms with Crippen LogP contribution in [0.25, 0.3) is 0 Å². The van der Waals surface area contributed by atoms with E-state index in [9.17, 15) is 0 Å². The molecule has 3 nitrogen and oxygen atoms in total. The zero-order chi connectivity index (χ0) is 10.7. The van der Waals surface area contributed by atoms with Gasteiger partial charge in [-0.25, -0.2) is 0 Å². The van der Waals surface area contributed by atoms with Crippen LogP contribution in [0.3, 0.4) is 0 Å². The van der Waals surface area contributed by atoms with E-state index in [1.807, 2.05) is 41.2 Å². The van der Waals surface area contributed by atoms with Gasteiger partial charge in [-0.15, -0.1) is 0 Å². The molecule has 2 N–H and O–H groups in total. The molecular formula is C11H12ClN3. The molecule has 0 aliphatic rings. The van der Waals surface area contributed by atoms with Gasteiger partial charge < -0.3 is 5.73 Å². The van der Waals surface area contributed by atoms with Crippen molar-refractivity contribution in [3.8, 4) is 0 Å². The standard InChI is InChI=1S/C11H12ClN3/c12-10-4-2-9(3-5-10)11(8-13)15-7-1-6-14-15/h1-7,11H,8,13H2/t11-/m0/s1. The second-order valence-corrected chi connectivity index (χ2v) is 3.73. The van der Waals surface area contributed by atoms with E-state index in [1.165, 1.54) is 0 Å². The maximum Gasteiger partial charge on any atom is 0.0890 e. The molecule has 0 aliphatic carbocycles. The smallest absolute Gasteiger partial charge is 0.0890 e. The Kier molecular flexibility index (Phi) is 3.04. The molecule has 0 spiro atoms.